The highest BCUT2D eigenvalue weighted by molar-refractivity contribution is 7.95. The molecule has 0 fully saturated rings. The number of fused-ring (bicyclic) bond motifs is 8. The summed E-state index contributed by atoms with van der Waals surface area (Å²) in [7, 11) is -10.4. The van der Waals surface area contributed by atoms with E-state index >= 15 is 0 Å². The summed E-state index contributed by atoms with van der Waals surface area (Å²) < 4.78 is 73.4. The Hall–Kier alpha value is -5.19. The van der Waals surface area contributed by atoms with E-state index in [-0.39, 0.29) is 22.8 Å². The molecule has 0 atom stereocenters. The van der Waals surface area contributed by atoms with Gasteiger partial charge in [0.2, 0.25) is 0 Å². The third-order valence-electron chi connectivity index (χ3n) is 7.87. The number of aromatic hydroxyl groups is 2. The van der Waals surface area contributed by atoms with Crippen LogP contribution in [-0.2, 0) is 29.6 Å². The second kappa shape index (κ2) is 10.4. The van der Waals surface area contributed by atoms with Crippen molar-refractivity contribution in [3.63, 3.8) is 0 Å². The molecular weight excluding hydrogens is 701 g/mol. The highest BCUT2D eigenvalue weighted by atomic mass is 32.2. The summed E-state index contributed by atoms with van der Waals surface area (Å²) in [5.41, 5.74) is -6.40. The van der Waals surface area contributed by atoms with Crippen LogP contribution in [0.15, 0.2) is 76.3 Å². The van der Waals surface area contributed by atoms with Gasteiger partial charge in [-0.2, -0.15) is 16.8 Å². The SMILES string of the molecule is O=c1c2ccc(S(=O)(=O)O)cc2c(=O)c2c1c(O)c(SOOO)c1[nH]c3c([nH]c12)c(S(=O)(=O)O)c(O)c1c(=O)c2ccccc2c(=O)c13. The van der Waals surface area contributed by atoms with Crippen molar-refractivity contribution in [2.45, 2.75) is 14.7 Å². The molecule has 0 saturated carbocycles. The van der Waals surface area contributed by atoms with Crippen molar-refractivity contribution in [1.29, 1.82) is 0 Å². The van der Waals surface area contributed by atoms with Gasteiger partial charge >= 0.3 is 0 Å². The predicted molar refractivity (Wildman–Crippen MR) is 170 cm³/mol. The third-order valence-corrected chi connectivity index (χ3v) is 10.3. The highest BCUT2D eigenvalue weighted by Gasteiger charge is 2.31. The second-order valence-electron chi connectivity index (χ2n) is 10.4. The van der Waals surface area contributed by atoms with E-state index in [0.29, 0.717) is 6.07 Å². The minimum Gasteiger partial charge on any atom is -0.506 e. The van der Waals surface area contributed by atoms with Gasteiger partial charge in [0, 0.05) is 21.5 Å². The van der Waals surface area contributed by atoms with Crippen LogP contribution in [0.25, 0.3) is 65.2 Å². The van der Waals surface area contributed by atoms with Crippen LogP contribution in [0, 0.1) is 0 Å². The number of phenolic OH excluding ortho intramolecular Hbond substituents is 2. The molecule has 6 aromatic carbocycles. The highest BCUT2D eigenvalue weighted by Crippen LogP contribution is 2.43. The van der Waals surface area contributed by atoms with E-state index in [9.17, 15) is 55.3 Å². The topological polar surface area (TPSA) is 288 Å². The Labute approximate surface area is 267 Å². The van der Waals surface area contributed by atoms with Crippen molar-refractivity contribution in [2.75, 3.05) is 0 Å². The van der Waals surface area contributed by atoms with E-state index in [2.05, 4.69) is 19.3 Å². The average molecular weight is 715 g/mol. The zero-order valence-electron chi connectivity index (χ0n) is 23.1. The Kier molecular flexibility index (Phi) is 6.81. The first-order valence-corrected chi connectivity index (χ1v) is 16.6. The van der Waals surface area contributed by atoms with Crippen molar-refractivity contribution in [3.05, 3.63) is 83.4 Å². The summed E-state index contributed by atoms with van der Waals surface area (Å²) in [6.45, 7) is 0. The van der Waals surface area contributed by atoms with Gasteiger partial charge in [-0.15, -0.1) is 4.33 Å². The molecular formula is C28H14N2O15S3. The fourth-order valence-electron chi connectivity index (χ4n) is 5.93. The second-order valence-corrected chi connectivity index (χ2v) is 13.8. The van der Waals surface area contributed by atoms with E-state index in [0.717, 1.165) is 12.1 Å². The van der Waals surface area contributed by atoms with Crippen LogP contribution in [0.3, 0.4) is 0 Å². The van der Waals surface area contributed by atoms with Gasteiger partial charge in [0.15, 0.2) is 32.4 Å². The molecule has 0 aliphatic carbocycles. The third kappa shape index (κ3) is 4.29. The minimum absolute atomic E-state index is 0.0703. The molecule has 0 bridgehead atoms. The van der Waals surface area contributed by atoms with Crippen molar-refractivity contribution in [3.8, 4) is 11.5 Å². The quantitative estimate of drug-likeness (QED) is 0.0336. The number of aromatic amines is 2. The summed E-state index contributed by atoms with van der Waals surface area (Å²) >= 11 is 0.0703. The van der Waals surface area contributed by atoms with Crippen LogP contribution in [0.4, 0.5) is 0 Å². The number of hydrogen-bond acceptors (Lipinski definition) is 14. The lowest BCUT2D eigenvalue weighted by Gasteiger charge is -2.16. The van der Waals surface area contributed by atoms with E-state index in [4.69, 9.17) is 5.26 Å². The Bertz CT molecular complexity index is 3100. The zero-order valence-corrected chi connectivity index (χ0v) is 25.5. The normalized spacial score (nSPS) is 12.7. The molecule has 7 aromatic rings. The molecule has 0 spiro atoms. The van der Waals surface area contributed by atoms with Crippen molar-refractivity contribution >= 4 is 97.4 Å². The molecule has 7 rings (SSSR count). The Balaban J connectivity index is 1.85. The van der Waals surface area contributed by atoms with Crippen molar-refractivity contribution < 1.29 is 50.8 Å². The number of H-pyrrole nitrogens is 2. The number of hydrogen-bond donors (Lipinski definition) is 7. The number of benzene rings is 6. The van der Waals surface area contributed by atoms with Crippen LogP contribution in [0.1, 0.15) is 0 Å². The molecule has 0 aliphatic heterocycles. The summed E-state index contributed by atoms with van der Waals surface area (Å²) in [6, 6.07) is 7.83. The first kappa shape index (κ1) is 31.4. The number of phenols is 2. The van der Waals surface area contributed by atoms with E-state index in [1.165, 1.54) is 24.3 Å². The van der Waals surface area contributed by atoms with Gasteiger partial charge in [-0.05, 0) is 18.2 Å². The molecule has 48 heavy (non-hydrogen) atoms. The average Bonchev–Trinajstić information content (AvgIpc) is 3.03. The van der Waals surface area contributed by atoms with Gasteiger partial charge in [-0.3, -0.25) is 28.3 Å². The monoisotopic (exact) mass is 714 g/mol. The summed E-state index contributed by atoms with van der Waals surface area (Å²) in [4.78, 5) is 57.6. The van der Waals surface area contributed by atoms with Crippen LogP contribution in [0.5, 0.6) is 11.5 Å². The zero-order chi connectivity index (χ0) is 34.6. The molecule has 1 heterocycles. The number of nitrogens with one attached hydrogen (secondary N) is 2. The maximum atomic E-state index is 14.0. The van der Waals surface area contributed by atoms with E-state index in [1.807, 2.05) is 0 Å². The van der Waals surface area contributed by atoms with Crippen LogP contribution >= 0.6 is 12.0 Å². The van der Waals surface area contributed by atoms with Crippen LogP contribution in [-0.4, -0.2) is 51.4 Å². The minimum atomic E-state index is -5.47. The van der Waals surface area contributed by atoms with Gasteiger partial charge in [0.05, 0.1) is 60.5 Å². The molecule has 1 aromatic heterocycles. The van der Waals surface area contributed by atoms with E-state index < -0.39 is 123 Å². The van der Waals surface area contributed by atoms with Crippen LogP contribution in [0.2, 0.25) is 0 Å². The maximum absolute atomic E-state index is 14.0. The predicted octanol–water partition coefficient (Wildman–Crippen LogP) is 2.47. The summed E-state index contributed by atoms with van der Waals surface area (Å²) in [6.07, 6.45) is 0. The van der Waals surface area contributed by atoms with Crippen LogP contribution < -0.4 is 21.7 Å². The molecule has 0 saturated heterocycles. The van der Waals surface area contributed by atoms with Gasteiger partial charge in [0.1, 0.15) is 10.6 Å². The Morgan fingerprint density at radius 1 is 0.604 bits per heavy atom. The Morgan fingerprint density at radius 3 is 1.67 bits per heavy atom. The molecule has 7 N–H and O–H groups in total. The fourth-order valence-corrected chi connectivity index (χ4v) is 7.71. The number of rotatable bonds is 5. The fraction of sp³-hybridized carbons (Fsp3) is 0. The Morgan fingerprint density at radius 2 is 1.10 bits per heavy atom. The van der Waals surface area contributed by atoms with Crippen molar-refractivity contribution in [1.82, 2.24) is 9.97 Å². The van der Waals surface area contributed by atoms with E-state index in [1.54, 1.807) is 0 Å². The lowest BCUT2D eigenvalue weighted by Crippen LogP contribution is -2.17. The largest absolute Gasteiger partial charge is 0.506 e. The summed E-state index contributed by atoms with van der Waals surface area (Å²) in [5.74, 6) is -2.30. The van der Waals surface area contributed by atoms with Gasteiger partial charge in [-0.1, -0.05) is 29.3 Å². The molecule has 0 amide bonds. The van der Waals surface area contributed by atoms with Gasteiger partial charge in [0.25, 0.3) is 20.2 Å². The van der Waals surface area contributed by atoms with Crippen molar-refractivity contribution in [2.24, 2.45) is 0 Å². The molecule has 17 nitrogen and oxygen atoms in total. The van der Waals surface area contributed by atoms with Gasteiger partial charge in [-0.25, -0.2) is 5.26 Å². The first-order valence-electron chi connectivity index (χ1n) is 13.0. The lowest BCUT2D eigenvalue weighted by molar-refractivity contribution is -0.432. The molecule has 244 valence electrons. The summed E-state index contributed by atoms with van der Waals surface area (Å²) in [5, 5.41) is 30.8. The standard InChI is InChI=1S/C28H14N2O15S3/c31-21-9-3-1-2-4-10(9)22(32)16-14(21)18-20(28(26(16)36)48(41,42)43)30-17-13-15(25(35)27(19(17)29-18)46-45-44-37)23(33)11-6-5-8(47(38,39)40)7-12(11)24(13)34/h1-7,29-30,35-37H,(H,38,39,40)(H,41,42,43). The molecule has 0 unspecified atom stereocenters. The first-order chi connectivity index (χ1) is 22.6. The molecule has 0 aliphatic rings. The molecule has 20 heteroatoms. The lowest BCUT2D eigenvalue weighted by atomic mass is 9.98. The maximum Gasteiger partial charge on any atom is 0.300 e. The number of aromatic nitrogens is 2. The molecule has 0 radical (unpaired) electrons. The smallest absolute Gasteiger partial charge is 0.300 e. The van der Waals surface area contributed by atoms with Gasteiger partial charge < -0.3 is 20.2 Å².